The molecule has 0 bridgehead atoms. The lowest BCUT2D eigenvalue weighted by Crippen LogP contribution is -2.34. The summed E-state index contributed by atoms with van der Waals surface area (Å²) in [5.74, 6) is 0.385. The summed E-state index contributed by atoms with van der Waals surface area (Å²) < 4.78 is 5.47. The smallest absolute Gasteiger partial charge is 0.319 e. The molecule has 1 heterocycles. The minimum absolute atomic E-state index is 0.205. The topological polar surface area (TPSA) is 79.5 Å². The van der Waals surface area contributed by atoms with Crippen molar-refractivity contribution in [1.29, 1.82) is 0 Å². The second-order valence-electron chi connectivity index (χ2n) is 5.25. The summed E-state index contributed by atoms with van der Waals surface area (Å²) in [6, 6.07) is 14.4. The van der Waals surface area contributed by atoms with Gasteiger partial charge in [0, 0.05) is 12.2 Å². The van der Waals surface area contributed by atoms with Crippen LogP contribution in [0.3, 0.4) is 0 Å². The Kier molecular flexibility index (Phi) is 4.14. The van der Waals surface area contributed by atoms with E-state index in [-0.39, 0.29) is 11.9 Å². The summed E-state index contributed by atoms with van der Waals surface area (Å²) in [6.07, 6.45) is -0.518. The number of nitrogens with one attached hydrogen (secondary N) is 3. The van der Waals surface area contributed by atoms with E-state index in [1.54, 1.807) is 25.1 Å². The molecule has 0 radical (unpaired) electrons. The van der Waals surface area contributed by atoms with E-state index in [0.717, 1.165) is 5.56 Å². The number of fused-ring (bicyclic) bond motifs is 1. The number of hydrogen-bond acceptors (Lipinski definition) is 3. The van der Waals surface area contributed by atoms with Gasteiger partial charge in [-0.25, -0.2) is 4.79 Å². The Bertz CT molecular complexity index is 731. The summed E-state index contributed by atoms with van der Waals surface area (Å²) >= 11 is 0. The highest BCUT2D eigenvalue weighted by Gasteiger charge is 2.23. The van der Waals surface area contributed by atoms with Gasteiger partial charge in [-0.1, -0.05) is 30.3 Å². The first kappa shape index (κ1) is 14.9. The van der Waals surface area contributed by atoms with Crippen LogP contribution in [-0.4, -0.2) is 18.0 Å². The molecule has 0 spiro atoms. The molecule has 0 fully saturated rings. The Balaban J connectivity index is 1.61. The highest BCUT2D eigenvalue weighted by molar-refractivity contribution is 5.99. The molecule has 6 heteroatoms. The highest BCUT2D eigenvalue weighted by atomic mass is 16.5. The van der Waals surface area contributed by atoms with Gasteiger partial charge in [0.1, 0.15) is 5.75 Å². The fourth-order valence-corrected chi connectivity index (χ4v) is 2.24. The van der Waals surface area contributed by atoms with Crippen molar-refractivity contribution in [1.82, 2.24) is 5.32 Å². The largest absolute Gasteiger partial charge is 0.479 e. The molecule has 23 heavy (non-hydrogen) atoms. The number of anilines is 2. The molecule has 1 aliphatic heterocycles. The van der Waals surface area contributed by atoms with E-state index in [1.807, 2.05) is 30.3 Å². The van der Waals surface area contributed by atoms with Crippen LogP contribution in [0.15, 0.2) is 48.5 Å². The first-order chi connectivity index (χ1) is 11.1. The monoisotopic (exact) mass is 311 g/mol. The summed E-state index contributed by atoms with van der Waals surface area (Å²) in [5.41, 5.74) is 2.14. The maximum atomic E-state index is 11.9. The minimum Gasteiger partial charge on any atom is -0.479 e. The molecule has 1 atom stereocenters. The molecule has 3 N–H and O–H groups in total. The van der Waals surface area contributed by atoms with Crippen molar-refractivity contribution in [2.45, 2.75) is 19.6 Å². The number of ether oxygens (including phenoxy) is 1. The molecule has 2 aromatic carbocycles. The Hall–Kier alpha value is -3.02. The van der Waals surface area contributed by atoms with Crippen molar-refractivity contribution in [3.8, 4) is 5.75 Å². The molecule has 2 aromatic rings. The Labute approximate surface area is 133 Å². The average molecular weight is 311 g/mol. The van der Waals surface area contributed by atoms with Gasteiger partial charge in [0.15, 0.2) is 6.10 Å². The summed E-state index contributed by atoms with van der Waals surface area (Å²) in [5, 5.41) is 8.25. The van der Waals surface area contributed by atoms with E-state index in [0.29, 0.717) is 23.7 Å². The number of carbonyl (C=O) groups is 2. The lowest BCUT2D eigenvalue weighted by molar-refractivity contribution is -0.122. The van der Waals surface area contributed by atoms with E-state index in [2.05, 4.69) is 16.0 Å². The van der Waals surface area contributed by atoms with Crippen molar-refractivity contribution < 1.29 is 14.3 Å². The molecular weight excluding hydrogens is 294 g/mol. The lowest BCUT2D eigenvalue weighted by Gasteiger charge is -2.23. The van der Waals surface area contributed by atoms with Crippen LogP contribution < -0.4 is 20.7 Å². The summed E-state index contributed by atoms with van der Waals surface area (Å²) in [7, 11) is 0. The average Bonchev–Trinajstić information content (AvgIpc) is 2.55. The zero-order valence-corrected chi connectivity index (χ0v) is 12.6. The molecule has 3 rings (SSSR count). The van der Waals surface area contributed by atoms with E-state index >= 15 is 0 Å². The number of benzene rings is 2. The van der Waals surface area contributed by atoms with Crippen molar-refractivity contribution in [3.63, 3.8) is 0 Å². The Morgan fingerprint density at radius 2 is 2.00 bits per heavy atom. The van der Waals surface area contributed by atoms with Crippen LogP contribution in [0.25, 0.3) is 0 Å². The SMILES string of the molecule is C[C@H]1Oc2ccc(NC(=O)NCc3ccccc3)cc2NC1=O. The third kappa shape index (κ3) is 3.60. The number of hydrogen-bond donors (Lipinski definition) is 3. The predicted octanol–water partition coefficient (Wildman–Crippen LogP) is 2.73. The van der Waals surface area contributed by atoms with E-state index in [9.17, 15) is 9.59 Å². The molecule has 6 nitrogen and oxygen atoms in total. The Morgan fingerprint density at radius 3 is 2.78 bits per heavy atom. The third-order valence-electron chi connectivity index (χ3n) is 3.46. The second kappa shape index (κ2) is 6.39. The van der Waals surface area contributed by atoms with Crippen LogP contribution in [0.4, 0.5) is 16.2 Å². The van der Waals surface area contributed by atoms with Gasteiger partial charge in [0.25, 0.3) is 5.91 Å². The molecule has 0 aliphatic carbocycles. The predicted molar refractivity (Wildman–Crippen MR) is 87.5 cm³/mol. The van der Waals surface area contributed by atoms with Gasteiger partial charge in [0.05, 0.1) is 5.69 Å². The minimum atomic E-state index is -0.518. The first-order valence-corrected chi connectivity index (χ1v) is 7.32. The molecule has 118 valence electrons. The van der Waals surface area contributed by atoms with Gasteiger partial charge >= 0.3 is 6.03 Å². The van der Waals surface area contributed by atoms with Crippen LogP contribution in [0.2, 0.25) is 0 Å². The third-order valence-corrected chi connectivity index (χ3v) is 3.46. The summed E-state index contributed by atoms with van der Waals surface area (Å²) in [6.45, 7) is 2.12. The maximum absolute atomic E-state index is 11.9. The van der Waals surface area contributed by atoms with E-state index in [1.165, 1.54) is 0 Å². The maximum Gasteiger partial charge on any atom is 0.319 e. The van der Waals surface area contributed by atoms with E-state index < -0.39 is 6.10 Å². The van der Waals surface area contributed by atoms with Crippen molar-refractivity contribution in [3.05, 3.63) is 54.1 Å². The van der Waals surface area contributed by atoms with Crippen LogP contribution >= 0.6 is 0 Å². The van der Waals surface area contributed by atoms with Gasteiger partial charge in [-0.2, -0.15) is 0 Å². The van der Waals surface area contributed by atoms with Gasteiger partial charge in [-0.05, 0) is 30.7 Å². The zero-order chi connectivity index (χ0) is 16.2. The fraction of sp³-hybridized carbons (Fsp3) is 0.176. The van der Waals surface area contributed by atoms with Crippen molar-refractivity contribution in [2.75, 3.05) is 10.6 Å². The Morgan fingerprint density at radius 1 is 1.22 bits per heavy atom. The van der Waals surface area contributed by atoms with Crippen LogP contribution in [0, 0.1) is 0 Å². The van der Waals surface area contributed by atoms with Crippen LogP contribution in [-0.2, 0) is 11.3 Å². The van der Waals surface area contributed by atoms with Crippen LogP contribution in [0.1, 0.15) is 12.5 Å². The van der Waals surface area contributed by atoms with Crippen LogP contribution in [0.5, 0.6) is 5.75 Å². The molecular formula is C17H17N3O3. The zero-order valence-electron chi connectivity index (χ0n) is 12.6. The number of rotatable bonds is 3. The molecule has 0 saturated heterocycles. The lowest BCUT2D eigenvalue weighted by atomic mass is 10.2. The van der Waals surface area contributed by atoms with E-state index in [4.69, 9.17) is 4.74 Å². The van der Waals surface area contributed by atoms with Crippen molar-refractivity contribution >= 4 is 23.3 Å². The molecule has 3 amide bonds. The number of amides is 3. The number of urea groups is 1. The molecule has 0 unspecified atom stereocenters. The van der Waals surface area contributed by atoms with Gasteiger partial charge in [-0.15, -0.1) is 0 Å². The van der Waals surface area contributed by atoms with Gasteiger partial charge in [0.2, 0.25) is 0 Å². The van der Waals surface area contributed by atoms with Crippen molar-refractivity contribution in [2.24, 2.45) is 0 Å². The molecule has 0 saturated carbocycles. The van der Waals surface area contributed by atoms with Gasteiger partial charge < -0.3 is 20.7 Å². The quantitative estimate of drug-likeness (QED) is 0.815. The normalized spacial score (nSPS) is 15.9. The standard InChI is InChI=1S/C17H17N3O3/c1-11-16(21)20-14-9-13(7-8-15(14)23-11)19-17(22)18-10-12-5-3-2-4-6-12/h2-9,11H,10H2,1H3,(H,20,21)(H2,18,19,22)/t11-/m1/s1. The number of carbonyl (C=O) groups excluding carboxylic acids is 2. The molecule has 1 aliphatic rings. The van der Waals surface area contributed by atoms with Gasteiger partial charge in [-0.3, -0.25) is 4.79 Å². The highest BCUT2D eigenvalue weighted by Crippen LogP contribution is 2.32. The fourth-order valence-electron chi connectivity index (χ4n) is 2.24. The molecule has 0 aromatic heterocycles. The summed E-state index contributed by atoms with van der Waals surface area (Å²) in [4.78, 5) is 23.5. The first-order valence-electron chi connectivity index (χ1n) is 7.32. The second-order valence-corrected chi connectivity index (χ2v) is 5.25.